The summed E-state index contributed by atoms with van der Waals surface area (Å²) in [6.07, 6.45) is 1.37. The molecule has 0 atom stereocenters. The number of rotatable bonds is 7. The number of ether oxygens (including phenoxy) is 1. The van der Waals surface area contributed by atoms with E-state index in [4.69, 9.17) is 32.4 Å². The molecule has 0 aliphatic heterocycles. The number of aromatic nitrogens is 2. The maximum atomic E-state index is 13.6. The fourth-order valence-electron chi connectivity index (χ4n) is 4.36. The van der Waals surface area contributed by atoms with E-state index in [1.807, 2.05) is 0 Å². The number of nitrogens with one attached hydrogen (secondary N) is 1. The number of nitrogens with zero attached hydrogens (tertiary/aromatic N) is 3. The average Bonchev–Trinajstić information content (AvgIpc) is 3.39. The van der Waals surface area contributed by atoms with Gasteiger partial charge in [0.15, 0.2) is 12.4 Å². The Kier molecular flexibility index (Phi) is 7.98. The molecule has 0 fully saturated rings. The lowest BCUT2D eigenvalue weighted by molar-refractivity contribution is -0.118. The summed E-state index contributed by atoms with van der Waals surface area (Å²) in [4.78, 5) is 30.8. The summed E-state index contributed by atoms with van der Waals surface area (Å²) in [5, 5.41) is 9.00. The van der Waals surface area contributed by atoms with Gasteiger partial charge in [-0.1, -0.05) is 41.4 Å². The highest BCUT2D eigenvalue weighted by atomic mass is 79.9. The van der Waals surface area contributed by atoms with Crippen LogP contribution in [0, 0.1) is 5.82 Å². The highest BCUT2D eigenvalue weighted by Crippen LogP contribution is 2.33. The van der Waals surface area contributed by atoms with Crippen LogP contribution in [0.1, 0.15) is 5.56 Å². The number of halogens is 4. The summed E-state index contributed by atoms with van der Waals surface area (Å²) in [7, 11) is 0. The van der Waals surface area contributed by atoms with Gasteiger partial charge in [-0.15, -0.1) is 0 Å². The smallest absolute Gasteiger partial charge is 0.282 e. The predicted octanol–water partition coefficient (Wildman–Crippen LogP) is 7.92. The van der Waals surface area contributed by atoms with Crippen LogP contribution in [-0.4, -0.2) is 28.4 Å². The van der Waals surface area contributed by atoms with E-state index in [0.29, 0.717) is 42.3 Å². The average molecular weight is 680 g/mol. The summed E-state index contributed by atoms with van der Waals surface area (Å²) in [6.45, 7) is -0.401. The zero-order valence-corrected chi connectivity index (χ0v) is 25.0. The first-order valence-electron chi connectivity index (χ1n) is 12.7. The molecule has 214 valence electrons. The number of carbonyl (C=O) groups excluding carboxylic acids is 1. The van der Waals surface area contributed by atoms with Gasteiger partial charge in [-0.3, -0.25) is 9.59 Å². The molecule has 1 amide bonds. The van der Waals surface area contributed by atoms with Gasteiger partial charge < -0.3 is 14.5 Å². The van der Waals surface area contributed by atoms with Crippen LogP contribution in [-0.2, 0) is 4.79 Å². The standard InChI is InChI=1S/C31H18BrCl2FN4O4/c32-24-13-20(34)11-18(29(24)42-16-28(40)37-22-5-3-4-21(35)14-22)15-36-39-30(38-25-7-2-1-6-23(25)31(39)41)27-12-17-10-19(33)8-9-26(17)43-27/h1-15H,16H2,(H,37,40). The number of furan rings is 1. The first-order valence-corrected chi connectivity index (χ1v) is 14.2. The van der Waals surface area contributed by atoms with Crippen LogP contribution < -0.4 is 15.6 Å². The normalized spacial score (nSPS) is 11.4. The quantitative estimate of drug-likeness (QED) is 0.173. The molecule has 12 heteroatoms. The second-order valence-electron chi connectivity index (χ2n) is 9.26. The van der Waals surface area contributed by atoms with Gasteiger partial charge in [-0.2, -0.15) is 9.78 Å². The van der Waals surface area contributed by atoms with Crippen molar-refractivity contribution in [1.82, 2.24) is 9.66 Å². The minimum absolute atomic E-state index is 0.158. The summed E-state index contributed by atoms with van der Waals surface area (Å²) >= 11 is 15.9. The Morgan fingerprint density at radius 3 is 2.72 bits per heavy atom. The van der Waals surface area contributed by atoms with Crippen LogP contribution in [0.5, 0.6) is 5.75 Å². The van der Waals surface area contributed by atoms with Crippen LogP contribution in [0.25, 0.3) is 33.5 Å². The number of hydrogen-bond donors (Lipinski definition) is 1. The first kappa shape index (κ1) is 28.6. The molecule has 0 radical (unpaired) electrons. The largest absolute Gasteiger partial charge is 0.482 e. The second kappa shape index (κ2) is 12.0. The SMILES string of the molecule is O=C(COc1c(Br)cc(Cl)cc1C=Nn1c(-c2cc3cc(Cl)ccc3o2)nc2ccccc2c1=O)Nc1cccc(F)c1. The van der Waals surface area contributed by atoms with E-state index in [0.717, 1.165) is 10.1 Å². The Balaban J connectivity index is 1.38. The van der Waals surface area contributed by atoms with E-state index in [1.54, 1.807) is 66.7 Å². The van der Waals surface area contributed by atoms with Crippen molar-refractivity contribution in [3.8, 4) is 17.3 Å². The summed E-state index contributed by atoms with van der Waals surface area (Å²) in [5.41, 5.74) is 1.23. The lowest BCUT2D eigenvalue weighted by atomic mass is 10.2. The van der Waals surface area contributed by atoms with Crippen molar-refractivity contribution in [2.45, 2.75) is 0 Å². The summed E-state index contributed by atoms with van der Waals surface area (Å²) in [5.74, 6) is -0.302. The molecule has 0 aliphatic rings. The van der Waals surface area contributed by atoms with Crippen molar-refractivity contribution >= 4 is 78.8 Å². The van der Waals surface area contributed by atoms with E-state index in [-0.39, 0.29) is 17.3 Å². The molecule has 6 rings (SSSR count). The summed E-state index contributed by atoms with van der Waals surface area (Å²) < 4.78 is 26.9. The highest BCUT2D eigenvalue weighted by molar-refractivity contribution is 9.10. The van der Waals surface area contributed by atoms with E-state index >= 15 is 0 Å². The number of hydrogen-bond acceptors (Lipinski definition) is 6. The lowest BCUT2D eigenvalue weighted by Crippen LogP contribution is -2.21. The number of carbonyl (C=O) groups is 1. The number of anilines is 1. The molecule has 4 aromatic carbocycles. The topological polar surface area (TPSA) is 98.7 Å². The van der Waals surface area contributed by atoms with Crippen molar-refractivity contribution in [3.05, 3.63) is 121 Å². The van der Waals surface area contributed by atoms with Gasteiger partial charge in [-0.05, 0) is 82.7 Å². The molecular formula is C31H18BrCl2FN4O4. The number of amides is 1. The van der Waals surface area contributed by atoms with E-state index in [2.05, 4.69) is 31.3 Å². The molecule has 43 heavy (non-hydrogen) atoms. The monoisotopic (exact) mass is 678 g/mol. The molecule has 0 aliphatic carbocycles. The van der Waals surface area contributed by atoms with Gasteiger partial charge >= 0.3 is 0 Å². The van der Waals surface area contributed by atoms with Gasteiger partial charge in [0.2, 0.25) is 5.82 Å². The predicted molar refractivity (Wildman–Crippen MR) is 169 cm³/mol. The number of benzene rings is 4. The van der Waals surface area contributed by atoms with Crippen LogP contribution in [0.15, 0.2) is 104 Å². The zero-order valence-electron chi connectivity index (χ0n) is 21.9. The number of fused-ring (bicyclic) bond motifs is 2. The Hall–Kier alpha value is -4.51. The molecule has 2 aromatic heterocycles. The zero-order chi connectivity index (χ0) is 30.1. The van der Waals surface area contributed by atoms with Crippen LogP contribution >= 0.6 is 39.1 Å². The minimum atomic E-state index is -0.516. The highest BCUT2D eigenvalue weighted by Gasteiger charge is 2.18. The van der Waals surface area contributed by atoms with Crippen molar-refractivity contribution in [2.24, 2.45) is 5.10 Å². The number of para-hydroxylation sites is 1. The van der Waals surface area contributed by atoms with E-state index < -0.39 is 23.9 Å². The minimum Gasteiger partial charge on any atom is -0.482 e. The molecule has 8 nitrogen and oxygen atoms in total. The molecule has 0 spiro atoms. The maximum Gasteiger partial charge on any atom is 0.282 e. The van der Waals surface area contributed by atoms with Gasteiger partial charge in [0, 0.05) is 26.7 Å². The third-order valence-corrected chi connectivity index (χ3v) is 7.30. The Labute approximate surface area is 261 Å². The van der Waals surface area contributed by atoms with Crippen molar-refractivity contribution < 1.29 is 18.3 Å². The lowest BCUT2D eigenvalue weighted by Gasteiger charge is -2.12. The summed E-state index contributed by atoms with van der Waals surface area (Å²) in [6, 6.07) is 22.5. The van der Waals surface area contributed by atoms with Crippen LogP contribution in [0.4, 0.5) is 10.1 Å². The Morgan fingerprint density at radius 1 is 1.05 bits per heavy atom. The first-order chi connectivity index (χ1) is 20.7. The fraction of sp³-hybridized carbons (Fsp3) is 0.0323. The third-order valence-electron chi connectivity index (χ3n) is 6.26. The van der Waals surface area contributed by atoms with Gasteiger partial charge in [0.1, 0.15) is 17.1 Å². The molecule has 1 N–H and O–H groups in total. The van der Waals surface area contributed by atoms with Crippen molar-refractivity contribution in [1.29, 1.82) is 0 Å². The Bertz CT molecular complexity index is 2130. The molecular weight excluding hydrogens is 662 g/mol. The molecule has 6 aromatic rings. The van der Waals surface area contributed by atoms with Crippen LogP contribution in [0.2, 0.25) is 10.0 Å². The molecule has 0 saturated carbocycles. The Morgan fingerprint density at radius 2 is 1.88 bits per heavy atom. The van der Waals surface area contributed by atoms with Gasteiger partial charge in [0.05, 0.1) is 21.6 Å². The van der Waals surface area contributed by atoms with Gasteiger partial charge in [-0.25, -0.2) is 9.37 Å². The van der Waals surface area contributed by atoms with Gasteiger partial charge in [0.25, 0.3) is 11.5 Å². The maximum absolute atomic E-state index is 13.6. The van der Waals surface area contributed by atoms with Crippen molar-refractivity contribution in [3.63, 3.8) is 0 Å². The van der Waals surface area contributed by atoms with E-state index in [9.17, 15) is 14.0 Å². The molecule has 0 saturated heterocycles. The van der Waals surface area contributed by atoms with Crippen LogP contribution in [0.3, 0.4) is 0 Å². The van der Waals surface area contributed by atoms with Crippen molar-refractivity contribution in [2.75, 3.05) is 11.9 Å². The van der Waals surface area contributed by atoms with E-state index in [1.165, 1.54) is 24.4 Å². The fourth-order valence-corrected chi connectivity index (χ4v) is 5.49. The third kappa shape index (κ3) is 6.17. The molecule has 0 bridgehead atoms. The molecule has 2 heterocycles. The second-order valence-corrected chi connectivity index (χ2v) is 11.0. The molecule has 0 unspecified atom stereocenters.